The molecule has 26 heavy (non-hydrogen) atoms. The normalized spacial score (nSPS) is 21.7. The van der Waals surface area contributed by atoms with Crippen LogP contribution < -0.4 is 5.32 Å². The molecule has 1 fully saturated rings. The maximum Gasteiger partial charge on any atom is 0.231 e. The number of aryl methyl sites for hydroxylation is 1. The van der Waals surface area contributed by atoms with Crippen molar-refractivity contribution in [1.82, 2.24) is 5.32 Å². The third-order valence-electron chi connectivity index (χ3n) is 5.85. The molecule has 1 heterocycles. The Labute approximate surface area is 159 Å². The van der Waals surface area contributed by atoms with Gasteiger partial charge in [0.05, 0.1) is 11.5 Å². The van der Waals surface area contributed by atoms with Gasteiger partial charge in [0.15, 0.2) is 0 Å². The third-order valence-corrected chi connectivity index (χ3v) is 6.17. The van der Waals surface area contributed by atoms with Crippen LogP contribution in [0, 0.1) is 0 Å². The minimum absolute atomic E-state index is 0.0784. The van der Waals surface area contributed by atoms with Crippen molar-refractivity contribution in [1.29, 1.82) is 0 Å². The number of rotatable bonds is 3. The molecule has 3 nitrogen and oxygen atoms in total. The SMILES string of the molecule is O=C(NC1CCCc2ccccc21)C1(c2ccccc2Cl)CCOCC1. The zero-order valence-corrected chi connectivity index (χ0v) is 15.6. The van der Waals surface area contributed by atoms with Crippen molar-refractivity contribution in [3.63, 3.8) is 0 Å². The van der Waals surface area contributed by atoms with Gasteiger partial charge in [-0.1, -0.05) is 54.1 Å². The number of carbonyl (C=O) groups excluding carboxylic acids is 1. The first kappa shape index (κ1) is 17.6. The molecular formula is C22H24ClNO2. The van der Waals surface area contributed by atoms with Crippen LogP contribution in [0.2, 0.25) is 5.02 Å². The fourth-order valence-corrected chi connectivity index (χ4v) is 4.70. The lowest BCUT2D eigenvalue weighted by Gasteiger charge is -2.38. The number of halogens is 1. The molecular weight excluding hydrogens is 346 g/mol. The number of carbonyl (C=O) groups is 1. The van der Waals surface area contributed by atoms with Gasteiger partial charge in [-0.3, -0.25) is 4.79 Å². The quantitative estimate of drug-likeness (QED) is 0.859. The van der Waals surface area contributed by atoms with Gasteiger partial charge in [-0.15, -0.1) is 0 Å². The molecule has 1 amide bonds. The Morgan fingerprint density at radius 1 is 1.08 bits per heavy atom. The summed E-state index contributed by atoms with van der Waals surface area (Å²) in [5.41, 5.74) is 2.92. The molecule has 0 bridgehead atoms. The van der Waals surface area contributed by atoms with Crippen LogP contribution in [0.4, 0.5) is 0 Å². The average molecular weight is 370 g/mol. The second-order valence-corrected chi connectivity index (χ2v) is 7.70. The first-order valence-corrected chi connectivity index (χ1v) is 9.80. The van der Waals surface area contributed by atoms with E-state index < -0.39 is 5.41 Å². The van der Waals surface area contributed by atoms with Crippen LogP contribution in [-0.4, -0.2) is 19.1 Å². The number of nitrogens with one attached hydrogen (secondary N) is 1. The highest BCUT2D eigenvalue weighted by Crippen LogP contribution is 2.40. The number of hydrogen-bond acceptors (Lipinski definition) is 2. The summed E-state index contributed by atoms with van der Waals surface area (Å²) in [5, 5.41) is 4.02. The van der Waals surface area contributed by atoms with Gasteiger partial charge in [0.1, 0.15) is 0 Å². The minimum atomic E-state index is -0.608. The lowest BCUT2D eigenvalue weighted by molar-refractivity contribution is -0.131. The van der Waals surface area contributed by atoms with Crippen molar-refractivity contribution in [2.75, 3.05) is 13.2 Å². The van der Waals surface area contributed by atoms with Crippen LogP contribution in [0.3, 0.4) is 0 Å². The molecule has 136 valence electrons. The lowest BCUT2D eigenvalue weighted by atomic mass is 9.73. The summed E-state index contributed by atoms with van der Waals surface area (Å²) in [6, 6.07) is 16.3. The second kappa shape index (κ2) is 7.42. The summed E-state index contributed by atoms with van der Waals surface area (Å²) < 4.78 is 5.56. The predicted molar refractivity (Wildman–Crippen MR) is 103 cm³/mol. The molecule has 2 aromatic rings. The average Bonchev–Trinajstić information content (AvgIpc) is 2.69. The highest BCUT2D eigenvalue weighted by Gasteiger charge is 2.43. The van der Waals surface area contributed by atoms with Crippen molar-refractivity contribution in [3.8, 4) is 0 Å². The molecule has 0 saturated carbocycles. The van der Waals surface area contributed by atoms with Crippen LogP contribution in [0.15, 0.2) is 48.5 Å². The van der Waals surface area contributed by atoms with Gasteiger partial charge < -0.3 is 10.1 Å². The van der Waals surface area contributed by atoms with E-state index in [-0.39, 0.29) is 11.9 Å². The van der Waals surface area contributed by atoms with E-state index in [0.29, 0.717) is 31.1 Å². The summed E-state index contributed by atoms with van der Waals surface area (Å²) in [5.74, 6) is 0.0793. The van der Waals surface area contributed by atoms with Crippen molar-refractivity contribution in [3.05, 3.63) is 70.2 Å². The lowest BCUT2D eigenvalue weighted by Crippen LogP contribution is -2.49. The Kier molecular flexibility index (Phi) is 5.01. The molecule has 2 aromatic carbocycles. The fraction of sp³-hybridized carbons (Fsp3) is 0.409. The Morgan fingerprint density at radius 2 is 1.81 bits per heavy atom. The minimum Gasteiger partial charge on any atom is -0.381 e. The van der Waals surface area contributed by atoms with E-state index >= 15 is 0 Å². The largest absolute Gasteiger partial charge is 0.381 e. The Bertz CT molecular complexity index is 798. The van der Waals surface area contributed by atoms with Gasteiger partial charge in [0.25, 0.3) is 0 Å². The van der Waals surface area contributed by atoms with Crippen LogP contribution >= 0.6 is 11.6 Å². The van der Waals surface area contributed by atoms with Crippen LogP contribution in [0.25, 0.3) is 0 Å². The van der Waals surface area contributed by atoms with Crippen molar-refractivity contribution < 1.29 is 9.53 Å². The Morgan fingerprint density at radius 3 is 2.62 bits per heavy atom. The summed E-state index contributed by atoms with van der Waals surface area (Å²) in [4.78, 5) is 13.5. The second-order valence-electron chi connectivity index (χ2n) is 7.29. The Hall–Kier alpha value is -1.84. The van der Waals surface area contributed by atoms with E-state index in [1.807, 2.05) is 24.3 Å². The van der Waals surface area contributed by atoms with Gasteiger partial charge >= 0.3 is 0 Å². The van der Waals surface area contributed by atoms with E-state index in [4.69, 9.17) is 16.3 Å². The van der Waals surface area contributed by atoms with Crippen LogP contribution in [0.1, 0.15) is 48.4 Å². The highest BCUT2D eigenvalue weighted by molar-refractivity contribution is 6.31. The monoisotopic (exact) mass is 369 g/mol. The summed E-state index contributed by atoms with van der Waals surface area (Å²) in [7, 11) is 0. The molecule has 1 aliphatic carbocycles. The maximum atomic E-state index is 13.5. The molecule has 0 aromatic heterocycles. The number of ether oxygens (including phenoxy) is 1. The van der Waals surface area contributed by atoms with E-state index in [1.165, 1.54) is 11.1 Å². The first-order chi connectivity index (χ1) is 12.7. The number of fused-ring (bicyclic) bond motifs is 1. The maximum absolute atomic E-state index is 13.5. The van der Waals surface area contributed by atoms with E-state index in [9.17, 15) is 4.79 Å². The van der Waals surface area contributed by atoms with Crippen molar-refractivity contribution in [2.24, 2.45) is 0 Å². The first-order valence-electron chi connectivity index (χ1n) is 9.42. The van der Waals surface area contributed by atoms with Gasteiger partial charge in [-0.25, -0.2) is 0 Å². The molecule has 0 radical (unpaired) electrons. The van der Waals surface area contributed by atoms with E-state index in [2.05, 4.69) is 29.6 Å². The number of benzene rings is 2. The fourth-order valence-electron chi connectivity index (χ4n) is 4.39. The van der Waals surface area contributed by atoms with E-state index in [1.54, 1.807) is 0 Å². The standard InChI is InChI=1S/C22H24ClNO2/c23-19-10-4-3-9-18(19)22(12-14-26-15-13-22)21(25)24-20-11-5-7-16-6-1-2-8-17(16)20/h1-4,6,8-10,20H,5,7,11-15H2,(H,24,25). The summed E-state index contributed by atoms with van der Waals surface area (Å²) in [6.45, 7) is 1.17. The number of amides is 1. The molecule has 1 aliphatic heterocycles. The van der Waals surface area contributed by atoms with Gasteiger partial charge in [0.2, 0.25) is 5.91 Å². The molecule has 1 unspecified atom stereocenters. The molecule has 1 N–H and O–H groups in total. The third kappa shape index (κ3) is 3.15. The molecule has 1 saturated heterocycles. The zero-order chi connectivity index (χ0) is 18.0. The molecule has 2 aliphatic rings. The summed E-state index contributed by atoms with van der Waals surface area (Å²) in [6.07, 6.45) is 4.50. The van der Waals surface area contributed by atoms with Gasteiger partial charge in [-0.2, -0.15) is 0 Å². The smallest absolute Gasteiger partial charge is 0.231 e. The number of hydrogen-bond donors (Lipinski definition) is 1. The molecule has 0 spiro atoms. The van der Waals surface area contributed by atoms with Crippen LogP contribution in [0.5, 0.6) is 0 Å². The Balaban J connectivity index is 1.66. The zero-order valence-electron chi connectivity index (χ0n) is 14.8. The molecule has 4 rings (SSSR count). The van der Waals surface area contributed by atoms with Crippen molar-refractivity contribution >= 4 is 17.5 Å². The highest BCUT2D eigenvalue weighted by atomic mass is 35.5. The van der Waals surface area contributed by atoms with Gasteiger partial charge in [-0.05, 0) is 54.9 Å². The van der Waals surface area contributed by atoms with Crippen LogP contribution in [-0.2, 0) is 21.4 Å². The van der Waals surface area contributed by atoms with E-state index in [0.717, 1.165) is 24.8 Å². The molecule has 1 atom stereocenters. The topological polar surface area (TPSA) is 38.3 Å². The van der Waals surface area contributed by atoms with Gasteiger partial charge in [0, 0.05) is 18.2 Å². The predicted octanol–water partition coefficient (Wildman–Crippen LogP) is 4.58. The van der Waals surface area contributed by atoms with Crippen molar-refractivity contribution in [2.45, 2.75) is 43.6 Å². The summed E-state index contributed by atoms with van der Waals surface area (Å²) >= 11 is 6.49. The molecule has 4 heteroatoms.